The van der Waals surface area contributed by atoms with Crippen LogP contribution in [0, 0.1) is 0 Å². The molecule has 0 heterocycles. The number of hydrogen-bond acceptors (Lipinski definition) is 3. The number of Topliss-reactive ketones (excluding diaryl/α,β-unsaturated/α-hetero) is 1. The average molecular weight is 220 g/mol. The molecule has 0 N–H and O–H groups in total. The highest BCUT2D eigenvalue weighted by molar-refractivity contribution is 7.91. The van der Waals surface area contributed by atoms with Crippen molar-refractivity contribution in [2.75, 3.05) is 11.5 Å². The zero-order valence-electron chi connectivity index (χ0n) is 9.08. The molecule has 4 heteroatoms. The largest absolute Gasteiger partial charge is 0.300 e. The Bertz CT molecular complexity index is 255. The van der Waals surface area contributed by atoms with Crippen LogP contribution in [0.2, 0.25) is 0 Å². The summed E-state index contributed by atoms with van der Waals surface area (Å²) < 4.78 is 22.7. The number of carbonyl (C=O) groups excluding carboxylic acids is 1. The number of unbranched alkanes of at least 4 members (excludes halogenated alkanes) is 3. The van der Waals surface area contributed by atoms with E-state index in [0.29, 0.717) is 0 Å². The predicted octanol–water partition coefficient (Wildman–Crippen LogP) is 1.96. The molecule has 0 aliphatic heterocycles. The summed E-state index contributed by atoms with van der Waals surface area (Å²) in [7, 11) is -2.98. The highest BCUT2D eigenvalue weighted by Gasteiger charge is 2.10. The maximum atomic E-state index is 11.3. The lowest BCUT2D eigenvalue weighted by atomic mass is 10.2. The molecule has 0 saturated heterocycles. The van der Waals surface area contributed by atoms with Crippen LogP contribution in [-0.4, -0.2) is 25.7 Å². The number of hydrogen-bond donors (Lipinski definition) is 0. The fourth-order valence-electron chi connectivity index (χ4n) is 1.15. The molecule has 0 bridgehead atoms. The topological polar surface area (TPSA) is 51.2 Å². The van der Waals surface area contributed by atoms with Crippen LogP contribution in [0.15, 0.2) is 0 Å². The van der Waals surface area contributed by atoms with Gasteiger partial charge in [0.2, 0.25) is 0 Å². The molecule has 0 radical (unpaired) electrons. The molecule has 3 nitrogen and oxygen atoms in total. The second kappa shape index (κ2) is 6.98. The van der Waals surface area contributed by atoms with Crippen molar-refractivity contribution >= 4 is 15.6 Å². The van der Waals surface area contributed by atoms with E-state index in [0.717, 1.165) is 25.7 Å². The summed E-state index contributed by atoms with van der Waals surface area (Å²) in [5, 5.41) is 0. The summed E-state index contributed by atoms with van der Waals surface area (Å²) in [6.45, 7) is 3.51. The lowest BCUT2D eigenvalue weighted by Gasteiger charge is -2.02. The van der Waals surface area contributed by atoms with Gasteiger partial charge < -0.3 is 0 Å². The van der Waals surface area contributed by atoms with E-state index >= 15 is 0 Å². The van der Waals surface area contributed by atoms with Crippen molar-refractivity contribution in [2.45, 2.75) is 46.0 Å². The monoisotopic (exact) mass is 220 g/mol. The number of ketones is 1. The molecule has 0 aromatic carbocycles. The van der Waals surface area contributed by atoms with Gasteiger partial charge in [-0.15, -0.1) is 0 Å². The summed E-state index contributed by atoms with van der Waals surface area (Å²) >= 11 is 0. The van der Waals surface area contributed by atoms with Crippen LogP contribution >= 0.6 is 0 Å². The third-order valence-electron chi connectivity index (χ3n) is 2.07. The van der Waals surface area contributed by atoms with Crippen LogP contribution < -0.4 is 0 Å². The minimum Gasteiger partial charge on any atom is -0.300 e. The Kier molecular flexibility index (Phi) is 6.79. The van der Waals surface area contributed by atoms with Gasteiger partial charge in [-0.1, -0.05) is 26.2 Å². The average Bonchev–Trinajstić information content (AvgIpc) is 2.10. The lowest BCUT2D eigenvalue weighted by Crippen LogP contribution is -2.13. The fraction of sp³-hybridized carbons (Fsp3) is 0.900. The maximum Gasteiger partial charge on any atom is 0.150 e. The molecule has 0 aromatic rings. The van der Waals surface area contributed by atoms with Gasteiger partial charge in [0.1, 0.15) is 5.78 Å². The van der Waals surface area contributed by atoms with Crippen molar-refractivity contribution < 1.29 is 13.2 Å². The number of carbonyl (C=O) groups is 1. The standard InChI is InChI=1S/C10H20O3S/c1-3-4-5-6-8-14(12,13)9-7-10(2)11/h3-9H2,1-2H3. The molecule has 0 aromatic heterocycles. The van der Waals surface area contributed by atoms with Gasteiger partial charge in [0.15, 0.2) is 9.84 Å². The van der Waals surface area contributed by atoms with E-state index in [1.165, 1.54) is 6.92 Å². The smallest absolute Gasteiger partial charge is 0.150 e. The van der Waals surface area contributed by atoms with Crippen molar-refractivity contribution in [2.24, 2.45) is 0 Å². The van der Waals surface area contributed by atoms with E-state index in [2.05, 4.69) is 6.92 Å². The molecule has 0 spiro atoms. The van der Waals surface area contributed by atoms with Crippen LogP contribution in [0.25, 0.3) is 0 Å². The van der Waals surface area contributed by atoms with Gasteiger partial charge in [-0.3, -0.25) is 4.79 Å². The van der Waals surface area contributed by atoms with E-state index in [4.69, 9.17) is 0 Å². The first-order chi connectivity index (χ1) is 6.48. The maximum absolute atomic E-state index is 11.3. The Morgan fingerprint density at radius 2 is 1.71 bits per heavy atom. The van der Waals surface area contributed by atoms with E-state index in [-0.39, 0.29) is 23.7 Å². The second-order valence-corrected chi connectivity index (χ2v) is 5.97. The summed E-state index contributed by atoms with van der Waals surface area (Å²) in [4.78, 5) is 10.6. The van der Waals surface area contributed by atoms with Crippen molar-refractivity contribution in [3.8, 4) is 0 Å². The molecular formula is C10H20O3S. The minimum absolute atomic E-state index is 0.0223. The molecule has 0 unspecified atom stereocenters. The third-order valence-corrected chi connectivity index (χ3v) is 3.81. The van der Waals surface area contributed by atoms with E-state index in [1.54, 1.807) is 0 Å². The van der Waals surface area contributed by atoms with Gasteiger partial charge in [-0.05, 0) is 13.3 Å². The van der Waals surface area contributed by atoms with Crippen molar-refractivity contribution in [1.29, 1.82) is 0 Å². The van der Waals surface area contributed by atoms with Crippen LogP contribution in [0.3, 0.4) is 0 Å². The Morgan fingerprint density at radius 3 is 2.21 bits per heavy atom. The van der Waals surface area contributed by atoms with Gasteiger partial charge in [0.25, 0.3) is 0 Å². The molecule has 0 aliphatic rings. The van der Waals surface area contributed by atoms with Gasteiger partial charge in [-0.25, -0.2) is 8.42 Å². The highest BCUT2D eigenvalue weighted by atomic mass is 32.2. The summed E-state index contributed by atoms with van der Waals surface area (Å²) in [5.41, 5.74) is 0. The minimum atomic E-state index is -2.98. The molecule has 0 fully saturated rings. The third kappa shape index (κ3) is 8.23. The van der Waals surface area contributed by atoms with Crippen LogP contribution in [0.5, 0.6) is 0 Å². The lowest BCUT2D eigenvalue weighted by molar-refractivity contribution is -0.116. The van der Waals surface area contributed by atoms with E-state index in [9.17, 15) is 13.2 Å². The summed E-state index contributed by atoms with van der Waals surface area (Å²) in [6, 6.07) is 0. The fourth-order valence-corrected chi connectivity index (χ4v) is 2.60. The Balaban J connectivity index is 3.67. The normalized spacial score (nSPS) is 11.6. The summed E-state index contributed by atoms with van der Waals surface area (Å²) in [6.07, 6.45) is 4.05. The van der Waals surface area contributed by atoms with E-state index < -0.39 is 9.84 Å². The summed E-state index contributed by atoms with van der Waals surface area (Å²) in [5.74, 6) is 0.205. The van der Waals surface area contributed by atoms with Crippen molar-refractivity contribution in [1.82, 2.24) is 0 Å². The van der Waals surface area contributed by atoms with Crippen LogP contribution in [-0.2, 0) is 14.6 Å². The SMILES string of the molecule is CCCCCCS(=O)(=O)CCC(C)=O. The number of sulfone groups is 1. The highest BCUT2D eigenvalue weighted by Crippen LogP contribution is 2.04. The van der Waals surface area contributed by atoms with Gasteiger partial charge in [-0.2, -0.15) is 0 Å². The zero-order valence-corrected chi connectivity index (χ0v) is 9.90. The van der Waals surface area contributed by atoms with Gasteiger partial charge in [0, 0.05) is 6.42 Å². The molecule has 0 atom stereocenters. The second-order valence-electron chi connectivity index (χ2n) is 3.66. The molecular weight excluding hydrogens is 200 g/mol. The van der Waals surface area contributed by atoms with Crippen molar-refractivity contribution in [3.05, 3.63) is 0 Å². The number of rotatable bonds is 8. The predicted molar refractivity (Wildman–Crippen MR) is 58.1 cm³/mol. The van der Waals surface area contributed by atoms with E-state index in [1.807, 2.05) is 0 Å². The quantitative estimate of drug-likeness (QED) is 0.588. The van der Waals surface area contributed by atoms with Crippen molar-refractivity contribution in [3.63, 3.8) is 0 Å². The molecule has 14 heavy (non-hydrogen) atoms. The Morgan fingerprint density at radius 1 is 1.07 bits per heavy atom. The first-order valence-corrected chi connectivity index (χ1v) is 7.00. The van der Waals surface area contributed by atoms with Gasteiger partial charge >= 0.3 is 0 Å². The molecule has 0 rings (SSSR count). The zero-order chi connectivity index (χ0) is 11.0. The van der Waals surface area contributed by atoms with Crippen LogP contribution in [0.1, 0.15) is 46.0 Å². The first kappa shape index (κ1) is 13.6. The molecule has 0 amide bonds. The Labute approximate surface area is 86.8 Å². The molecule has 84 valence electrons. The molecule has 0 aliphatic carbocycles. The van der Waals surface area contributed by atoms with Gasteiger partial charge in [0.05, 0.1) is 11.5 Å². The first-order valence-electron chi connectivity index (χ1n) is 5.18. The molecule has 0 saturated carbocycles. The Hall–Kier alpha value is -0.380. The van der Waals surface area contributed by atoms with Crippen LogP contribution in [0.4, 0.5) is 0 Å².